The van der Waals surface area contributed by atoms with E-state index in [1.807, 2.05) is 0 Å². The highest BCUT2D eigenvalue weighted by Crippen LogP contribution is 2.32. The van der Waals surface area contributed by atoms with E-state index < -0.39 is 17.6 Å². The summed E-state index contributed by atoms with van der Waals surface area (Å²) in [6.07, 6.45) is -2.55. The lowest BCUT2D eigenvalue weighted by Crippen LogP contribution is -2.24. The number of rotatable bonds is 9. The van der Waals surface area contributed by atoms with E-state index in [4.69, 9.17) is 13.9 Å². The summed E-state index contributed by atoms with van der Waals surface area (Å²) in [4.78, 5) is 12.5. The fraction of sp³-hybridized carbons (Fsp3) is 0.409. The van der Waals surface area contributed by atoms with Gasteiger partial charge in [-0.1, -0.05) is 17.8 Å². The minimum absolute atomic E-state index is 0.0556. The Hall–Kier alpha value is -2.83. The molecular weight excluding hydrogens is 473 g/mol. The van der Waals surface area contributed by atoms with E-state index >= 15 is 0 Å². The molecule has 34 heavy (non-hydrogen) atoms. The first-order valence-electron chi connectivity index (χ1n) is 10.6. The number of methoxy groups -OCH3 is 1. The van der Waals surface area contributed by atoms with Crippen molar-refractivity contribution in [2.75, 3.05) is 19.5 Å². The Morgan fingerprint density at radius 1 is 1.29 bits per heavy atom. The summed E-state index contributed by atoms with van der Waals surface area (Å²) < 4.78 is 57.5. The molecule has 4 rings (SSSR count). The number of halogens is 3. The molecule has 8 nitrogen and oxygen atoms in total. The Labute approximate surface area is 197 Å². The molecule has 0 aliphatic carbocycles. The van der Waals surface area contributed by atoms with Crippen LogP contribution in [-0.4, -0.2) is 46.2 Å². The van der Waals surface area contributed by atoms with Crippen molar-refractivity contribution in [3.05, 3.63) is 59.3 Å². The Morgan fingerprint density at radius 2 is 2.15 bits per heavy atom. The number of furan rings is 1. The van der Waals surface area contributed by atoms with Gasteiger partial charge in [-0.25, -0.2) is 0 Å². The van der Waals surface area contributed by atoms with Crippen molar-refractivity contribution in [2.45, 2.75) is 43.4 Å². The maximum absolute atomic E-state index is 13.3. The average Bonchev–Trinajstić information content (AvgIpc) is 3.57. The van der Waals surface area contributed by atoms with Crippen LogP contribution in [0.3, 0.4) is 0 Å². The van der Waals surface area contributed by atoms with Gasteiger partial charge in [-0.05, 0) is 43.2 Å². The van der Waals surface area contributed by atoms with Gasteiger partial charge in [-0.3, -0.25) is 9.36 Å². The molecule has 0 radical (unpaired) electrons. The van der Waals surface area contributed by atoms with Crippen LogP contribution < -0.4 is 5.32 Å². The number of carbonyl (C=O) groups is 1. The molecule has 182 valence electrons. The minimum atomic E-state index is -4.50. The summed E-state index contributed by atoms with van der Waals surface area (Å²) in [5, 5.41) is 11.4. The van der Waals surface area contributed by atoms with Crippen LogP contribution in [0.25, 0.3) is 5.69 Å². The van der Waals surface area contributed by atoms with Gasteiger partial charge in [0.25, 0.3) is 5.91 Å². The smallest absolute Gasteiger partial charge is 0.416 e. The van der Waals surface area contributed by atoms with E-state index in [1.54, 1.807) is 12.1 Å². The fourth-order valence-electron chi connectivity index (χ4n) is 3.50. The van der Waals surface area contributed by atoms with Gasteiger partial charge in [0.2, 0.25) is 0 Å². The van der Waals surface area contributed by atoms with E-state index in [-0.39, 0.29) is 36.5 Å². The molecule has 1 aliphatic rings. The lowest BCUT2D eigenvalue weighted by molar-refractivity contribution is -0.137. The number of ether oxygens (including phenoxy) is 2. The van der Waals surface area contributed by atoms with Gasteiger partial charge in [0, 0.05) is 19.5 Å². The molecule has 1 saturated heterocycles. The minimum Gasteiger partial charge on any atom is -0.453 e. The van der Waals surface area contributed by atoms with Crippen LogP contribution in [0.5, 0.6) is 0 Å². The second kappa shape index (κ2) is 10.6. The first kappa shape index (κ1) is 24.3. The second-order valence-electron chi connectivity index (χ2n) is 7.61. The second-order valence-corrected chi connectivity index (χ2v) is 8.60. The first-order chi connectivity index (χ1) is 16.3. The van der Waals surface area contributed by atoms with Gasteiger partial charge < -0.3 is 19.2 Å². The molecule has 1 N–H and O–H groups in total. The molecular formula is C22H23F3N4O4S. The number of benzene rings is 1. The zero-order valence-electron chi connectivity index (χ0n) is 18.3. The third-order valence-electron chi connectivity index (χ3n) is 5.13. The zero-order valence-corrected chi connectivity index (χ0v) is 19.1. The van der Waals surface area contributed by atoms with E-state index in [0.29, 0.717) is 23.3 Å². The zero-order chi connectivity index (χ0) is 24.1. The van der Waals surface area contributed by atoms with Crippen LogP contribution in [0.2, 0.25) is 0 Å². The first-order valence-corrected chi connectivity index (χ1v) is 11.6. The number of alkyl halides is 3. The van der Waals surface area contributed by atoms with Crippen LogP contribution in [0.1, 0.15) is 40.5 Å². The van der Waals surface area contributed by atoms with Gasteiger partial charge in [-0.2, -0.15) is 13.2 Å². The highest BCUT2D eigenvalue weighted by Gasteiger charge is 2.31. The Balaban J connectivity index is 1.56. The van der Waals surface area contributed by atoms with Crippen LogP contribution in [0, 0.1) is 0 Å². The van der Waals surface area contributed by atoms with Gasteiger partial charge in [0.1, 0.15) is 12.4 Å². The topological polar surface area (TPSA) is 91.4 Å². The highest BCUT2D eigenvalue weighted by molar-refractivity contribution is 7.99. The van der Waals surface area contributed by atoms with Crippen LogP contribution in [0.4, 0.5) is 13.2 Å². The van der Waals surface area contributed by atoms with E-state index in [0.717, 1.165) is 25.0 Å². The summed E-state index contributed by atoms with van der Waals surface area (Å²) in [7, 11) is 1.51. The Kier molecular flexibility index (Phi) is 7.59. The Morgan fingerprint density at radius 3 is 2.88 bits per heavy atom. The van der Waals surface area contributed by atoms with Crippen LogP contribution in [-0.2, 0) is 28.8 Å². The predicted octanol–water partition coefficient (Wildman–Crippen LogP) is 4.23. The van der Waals surface area contributed by atoms with Crippen LogP contribution in [0.15, 0.2) is 46.0 Å². The highest BCUT2D eigenvalue weighted by atomic mass is 32.2. The molecule has 12 heteroatoms. The molecule has 0 saturated carbocycles. The van der Waals surface area contributed by atoms with Crippen molar-refractivity contribution in [1.29, 1.82) is 0 Å². The lowest BCUT2D eigenvalue weighted by Gasteiger charge is -2.14. The number of thioether (sulfide) groups is 1. The monoisotopic (exact) mass is 496 g/mol. The predicted molar refractivity (Wildman–Crippen MR) is 117 cm³/mol. The largest absolute Gasteiger partial charge is 0.453 e. The average molecular weight is 497 g/mol. The van der Waals surface area contributed by atoms with E-state index in [1.165, 1.54) is 35.6 Å². The summed E-state index contributed by atoms with van der Waals surface area (Å²) in [6.45, 7) is 0.854. The van der Waals surface area contributed by atoms with Gasteiger partial charge in [0.15, 0.2) is 16.7 Å². The van der Waals surface area contributed by atoms with Crippen molar-refractivity contribution in [3.63, 3.8) is 0 Å². The number of hydrogen-bond acceptors (Lipinski definition) is 7. The van der Waals surface area contributed by atoms with Gasteiger partial charge in [-0.15, -0.1) is 10.2 Å². The fourth-order valence-corrected chi connectivity index (χ4v) is 4.53. The molecule has 1 amide bonds. The molecule has 1 aromatic carbocycles. The number of nitrogens with zero attached hydrogens (tertiary/aromatic N) is 3. The van der Waals surface area contributed by atoms with E-state index in [9.17, 15) is 18.0 Å². The molecule has 3 heterocycles. The standard InChI is InChI=1S/C22H23F3N4O4S/c1-31-12-16-7-8-18(33-16)20(30)26-11-19-27-28-21(34-13-17-6-3-9-32-17)29(19)15-5-2-4-14(10-15)22(23,24)25/h2,4-5,7-8,10,17H,3,6,9,11-13H2,1H3,(H,26,30)/t17-/m1/s1. The van der Waals surface area contributed by atoms with Gasteiger partial charge >= 0.3 is 6.18 Å². The van der Waals surface area contributed by atoms with E-state index in [2.05, 4.69) is 15.5 Å². The van der Waals surface area contributed by atoms with Crippen molar-refractivity contribution in [1.82, 2.24) is 20.1 Å². The number of nitrogens with one attached hydrogen (secondary N) is 1. The summed E-state index contributed by atoms with van der Waals surface area (Å²) in [5.41, 5.74) is -0.538. The molecule has 0 unspecified atom stereocenters. The van der Waals surface area contributed by atoms with Gasteiger partial charge in [0.05, 0.1) is 23.9 Å². The maximum Gasteiger partial charge on any atom is 0.416 e. The summed E-state index contributed by atoms with van der Waals surface area (Å²) in [5.74, 6) is 0.969. The lowest BCUT2D eigenvalue weighted by atomic mass is 10.2. The maximum atomic E-state index is 13.3. The van der Waals surface area contributed by atoms with Crippen molar-refractivity contribution < 1.29 is 31.9 Å². The molecule has 1 fully saturated rings. The SMILES string of the molecule is COCc1ccc(C(=O)NCc2nnc(SC[C@H]3CCCO3)n2-c2cccc(C(F)(F)F)c2)o1. The molecule has 0 spiro atoms. The Bertz CT molecular complexity index is 1130. The normalized spacial score (nSPS) is 16.2. The van der Waals surface area contributed by atoms with Crippen molar-refractivity contribution in [3.8, 4) is 5.69 Å². The molecule has 1 aliphatic heterocycles. The summed E-state index contributed by atoms with van der Waals surface area (Å²) >= 11 is 1.35. The third kappa shape index (κ3) is 5.80. The number of amides is 1. The molecule has 0 bridgehead atoms. The third-order valence-corrected chi connectivity index (χ3v) is 6.19. The van der Waals surface area contributed by atoms with Crippen molar-refractivity contribution >= 4 is 17.7 Å². The molecule has 3 aromatic rings. The number of carbonyl (C=O) groups excluding carboxylic acids is 1. The molecule has 1 atom stereocenters. The van der Waals surface area contributed by atoms with Crippen molar-refractivity contribution in [2.24, 2.45) is 0 Å². The number of aromatic nitrogens is 3. The van der Waals surface area contributed by atoms with Crippen LogP contribution >= 0.6 is 11.8 Å². The summed E-state index contributed by atoms with van der Waals surface area (Å²) in [6, 6.07) is 8.06. The quantitative estimate of drug-likeness (QED) is 0.444. The number of hydrogen-bond donors (Lipinski definition) is 1. The molecule has 2 aromatic heterocycles.